The van der Waals surface area contributed by atoms with Gasteiger partial charge in [0.15, 0.2) is 11.4 Å². The number of hydrogen-bond acceptors (Lipinski definition) is 3. The molecule has 0 aliphatic heterocycles. The molecule has 0 fully saturated rings. The number of methoxy groups -OCH3 is 1. The smallest absolute Gasteiger partial charge is 0.418 e. The molecule has 0 saturated heterocycles. The second-order valence-corrected chi connectivity index (χ2v) is 3.79. The summed E-state index contributed by atoms with van der Waals surface area (Å²) < 4.78 is 44.3. The van der Waals surface area contributed by atoms with E-state index >= 15 is 0 Å². The lowest BCUT2D eigenvalue weighted by molar-refractivity contribution is -0.137. The quantitative estimate of drug-likeness (QED) is 0.942. The van der Waals surface area contributed by atoms with Crippen molar-refractivity contribution in [2.45, 2.75) is 6.18 Å². The van der Waals surface area contributed by atoms with Gasteiger partial charge in [-0.1, -0.05) is 12.1 Å². The van der Waals surface area contributed by atoms with E-state index in [2.05, 4.69) is 5.10 Å². The monoisotopic (exact) mass is 286 g/mol. The van der Waals surface area contributed by atoms with Crippen LogP contribution in [0.25, 0.3) is 5.69 Å². The van der Waals surface area contributed by atoms with Gasteiger partial charge in [-0.15, -0.1) is 0 Å². The van der Waals surface area contributed by atoms with E-state index in [0.717, 1.165) is 18.3 Å². The molecule has 2 aromatic rings. The molecule has 1 N–H and O–H groups in total. The Hall–Kier alpha value is -2.51. The molecule has 8 heteroatoms. The number of aromatic carboxylic acids is 1. The lowest BCUT2D eigenvalue weighted by Gasteiger charge is -2.13. The van der Waals surface area contributed by atoms with Crippen LogP contribution in [0.1, 0.15) is 16.1 Å². The van der Waals surface area contributed by atoms with Crippen LogP contribution in [0.4, 0.5) is 13.2 Å². The second kappa shape index (κ2) is 4.87. The van der Waals surface area contributed by atoms with Crippen molar-refractivity contribution in [2.24, 2.45) is 0 Å². The third-order valence-electron chi connectivity index (χ3n) is 2.60. The van der Waals surface area contributed by atoms with Crippen molar-refractivity contribution in [1.82, 2.24) is 9.78 Å². The number of rotatable bonds is 3. The average molecular weight is 286 g/mol. The van der Waals surface area contributed by atoms with Gasteiger partial charge in [-0.2, -0.15) is 18.3 Å². The van der Waals surface area contributed by atoms with Crippen molar-refractivity contribution in [3.8, 4) is 11.4 Å². The number of carboxylic acids is 1. The summed E-state index contributed by atoms with van der Waals surface area (Å²) in [6, 6.07) is 4.58. The Kier molecular flexibility index (Phi) is 3.39. The zero-order valence-electron chi connectivity index (χ0n) is 10.2. The number of para-hydroxylation sites is 1. The van der Waals surface area contributed by atoms with Crippen LogP contribution in [-0.2, 0) is 6.18 Å². The van der Waals surface area contributed by atoms with Crippen molar-refractivity contribution in [3.05, 3.63) is 41.7 Å². The largest absolute Gasteiger partial charge is 0.493 e. The topological polar surface area (TPSA) is 64.4 Å². The van der Waals surface area contributed by atoms with E-state index in [1.165, 1.54) is 19.2 Å². The summed E-state index contributed by atoms with van der Waals surface area (Å²) in [5.74, 6) is -1.55. The predicted octanol–water partition coefficient (Wildman–Crippen LogP) is 2.60. The SMILES string of the molecule is COc1cnn(-c2ccccc2C(F)(F)F)c1C(=O)O. The molecule has 1 aromatic carbocycles. The van der Waals surface area contributed by atoms with Crippen LogP contribution in [0, 0.1) is 0 Å². The minimum Gasteiger partial charge on any atom is -0.493 e. The second-order valence-electron chi connectivity index (χ2n) is 3.79. The fourth-order valence-corrected chi connectivity index (χ4v) is 1.76. The third-order valence-corrected chi connectivity index (χ3v) is 2.60. The Balaban J connectivity index is 2.70. The van der Waals surface area contributed by atoms with Crippen molar-refractivity contribution >= 4 is 5.97 Å². The molecule has 5 nitrogen and oxygen atoms in total. The maximum Gasteiger partial charge on any atom is 0.418 e. The van der Waals surface area contributed by atoms with Gasteiger partial charge in [0.2, 0.25) is 0 Å². The Morgan fingerprint density at radius 3 is 2.55 bits per heavy atom. The lowest BCUT2D eigenvalue weighted by atomic mass is 10.1. The first-order chi connectivity index (χ1) is 9.36. The molecular weight excluding hydrogens is 277 g/mol. The number of halogens is 3. The van der Waals surface area contributed by atoms with Gasteiger partial charge in [0, 0.05) is 0 Å². The van der Waals surface area contributed by atoms with E-state index in [-0.39, 0.29) is 11.4 Å². The first-order valence-corrected chi connectivity index (χ1v) is 5.38. The number of carboxylic acid groups (broad SMARTS) is 1. The van der Waals surface area contributed by atoms with Crippen LogP contribution in [0.3, 0.4) is 0 Å². The number of aromatic nitrogens is 2. The summed E-state index contributed by atoms with van der Waals surface area (Å²) >= 11 is 0. The van der Waals surface area contributed by atoms with Crippen LogP contribution in [0.5, 0.6) is 5.75 Å². The first kappa shape index (κ1) is 13.9. The van der Waals surface area contributed by atoms with Crippen LogP contribution < -0.4 is 4.74 Å². The van der Waals surface area contributed by atoms with Gasteiger partial charge in [-0.05, 0) is 12.1 Å². The van der Waals surface area contributed by atoms with Crippen LogP contribution in [0.15, 0.2) is 30.5 Å². The Morgan fingerprint density at radius 2 is 2.00 bits per heavy atom. The minimum atomic E-state index is -4.62. The van der Waals surface area contributed by atoms with Crippen molar-refractivity contribution in [3.63, 3.8) is 0 Å². The summed E-state index contributed by atoms with van der Waals surface area (Å²) in [7, 11) is 1.21. The van der Waals surface area contributed by atoms with Gasteiger partial charge in [0.1, 0.15) is 0 Å². The highest BCUT2D eigenvalue weighted by molar-refractivity contribution is 5.89. The van der Waals surface area contributed by atoms with Gasteiger partial charge < -0.3 is 9.84 Å². The highest BCUT2D eigenvalue weighted by atomic mass is 19.4. The molecule has 0 unspecified atom stereocenters. The summed E-state index contributed by atoms with van der Waals surface area (Å²) in [6.45, 7) is 0. The van der Waals surface area contributed by atoms with Crippen LogP contribution >= 0.6 is 0 Å². The van der Waals surface area contributed by atoms with Gasteiger partial charge in [-0.25, -0.2) is 9.48 Å². The van der Waals surface area contributed by atoms with Crippen LogP contribution in [-0.4, -0.2) is 28.0 Å². The van der Waals surface area contributed by atoms with Gasteiger partial charge >= 0.3 is 12.1 Å². The fourth-order valence-electron chi connectivity index (χ4n) is 1.76. The Bertz CT molecular complexity index is 650. The van der Waals surface area contributed by atoms with Gasteiger partial charge in [0.25, 0.3) is 0 Å². The summed E-state index contributed by atoms with van der Waals surface area (Å²) in [5, 5.41) is 12.8. The highest BCUT2D eigenvalue weighted by Crippen LogP contribution is 2.34. The van der Waals surface area contributed by atoms with E-state index in [1.807, 2.05) is 0 Å². The van der Waals surface area contributed by atoms with E-state index in [9.17, 15) is 18.0 Å². The predicted molar refractivity (Wildman–Crippen MR) is 62.1 cm³/mol. The number of ether oxygens (including phenoxy) is 1. The third kappa shape index (κ3) is 2.31. The maximum absolute atomic E-state index is 12.9. The van der Waals surface area contributed by atoms with Crippen molar-refractivity contribution < 1.29 is 27.8 Å². The van der Waals surface area contributed by atoms with E-state index in [0.29, 0.717) is 4.68 Å². The molecule has 106 valence electrons. The molecule has 0 aliphatic carbocycles. The van der Waals surface area contributed by atoms with E-state index < -0.39 is 23.4 Å². The molecule has 1 aromatic heterocycles. The summed E-state index contributed by atoms with van der Waals surface area (Å²) in [4.78, 5) is 11.2. The van der Waals surface area contributed by atoms with Crippen molar-refractivity contribution in [1.29, 1.82) is 0 Å². The zero-order valence-corrected chi connectivity index (χ0v) is 10.2. The fraction of sp³-hybridized carbons (Fsp3) is 0.167. The maximum atomic E-state index is 12.9. The van der Waals surface area contributed by atoms with Crippen molar-refractivity contribution in [2.75, 3.05) is 7.11 Å². The van der Waals surface area contributed by atoms with E-state index in [4.69, 9.17) is 9.84 Å². The summed E-state index contributed by atoms with van der Waals surface area (Å²) in [5.41, 5.74) is -1.82. The number of carbonyl (C=O) groups is 1. The van der Waals surface area contributed by atoms with Gasteiger partial charge in [0.05, 0.1) is 24.6 Å². The van der Waals surface area contributed by atoms with Gasteiger partial charge in [-0.3, -0.25) is 0 Å². The van der Waals surface area contributed by atoms with E-state index in [1.54, 1.807) is 0 Å². The number of benzene rings is 1. The first-order valence-electron chi connectivity index (χ1n) is 5.38. The number of hydrogen-bond donors (Lipinski definition) is 1. The Labute approximate surface area is 111 Å². The number of alkyl halides is 3. The average Bonchev–Trinajstić information content (AvgIpc) is 2.81. The number of nitrogens with zero attached hydrogens (tertiary/aromatic N) is 2. The molecule has 0 saturated carbocycles. The molecule has 20 heavy (non-hydrogen) atoms. The molecule has 0 bridgehead atoms. The highest BCUT2D eigenvalue weighted by Gasteiger charge is 2.35. The van der Waals surface area contributed by atoms with Crippen LogP contribution in [0.2, 0.25) is 0 Å². The molecule has 0 atom stereocenters. The minimum absolute atomic E-state index is 0.116. The molecule has 0 aliphatic rings. The zero-order chi connectivity index (χ0) is 14.9. The Morgan fingerprint density at radius 1 is 1.35 bits per heavy atom. The molecular formula is C12H9F3N2O3. The summed E-state index contributed by atoms with van der Waals surface area (Å²) in [6.07, 6.45) is -3.57. The molecule has 0 spiro atoms. The normalized spacial score (nSPS) is 11.4. The lowest BCUT2D eigenvalue weighted by Crippen LogP contribution is -2.15. The standard InChI is InChI=1S/C12H9F3N2O3/c1-20-9-6-16-17(10(9)11(18)19)8-5-3-2-4-7(8)12(13,14)15/h2-6H,1H3,(H,18,19). The molecule has 0 radical (unpaired) electrons. The molecule has 2 rings (SSSR count). The molecule has 1 heterocycles. The molecule has 0 amide bonds.